The van der Waals surface area contributed by atoms with Crippen LogP contribution < -0.4 is 5.32 Å². The summed E-state index contributed by atoms with van der Waals surface area (Å²) in [4.78, 5) is 2.41. The summed E-state index contributed by atoms with van der Waals surface area (Å²) in [6.07, 6.45) is 2.18. The SMILES string of the molecule is CC(C)=CCNCC(c1ccc(F)cc1)N1CCOCC1. The van der Waals surface area contributed by atoms with Crippen LogP contribution in [0.3, 0.4) is 0 Å². The summed E-state index contributed by atoms with van der Waals surface area (Å²) < 4.78 is 18.6. The van der Waals surface area contributed by atoms with Crippen LogP contribution in [0.1, 0.15) is 25.5 Å². The van der Waals surface area contributed by atoms with E-state index >= 15 is 0 Å². The molecule has 1 heterocycles. The first kappa shape index (κ1) is 16.1. The molecule has 0 aliphatic carbocycles. The van der Waals surface area contributed by atoms with Crippen molar-refractivity contribution >= 4 is 0 Å². The number of ether oxygens (including phenoxy) is 1. The Labute approximate surface area is 126 Å². The van der Waals surface area contributed by atoms with Gasteiger partial charge in [0, 0.05) is 32.2 Å². The van der Waals surface area contributed by atoms with Gasteiger partial charge in [-0.15, -0.1) is 0 Å². The Kier molecular flexibility index (Phi) is 6.36. The highest BCUT2D eigenvalue weighted by atomic mass is 19.1. The third kappa shape index (κ3) is 5.23. The van der Waals surface area contributed by atoms with Gasteiger partial charge in [-0.3, -0.25) is 4.90 Å². The summed E-state index contributed by atoms with van der Waals surface area (Å²) in [7, 11) is 0. The number of benzene rings is 1. The van der Waals surface area contributed by atoms with Gasteiger partial charge in [0.15, 0.2) is 0 Å². The first-order valence-corrected chi connectivity index (χ1v) is 7.58. The lowest BCUT2D eigenvalue weighted by Crippen LogP contribution is -2.42. The second kappa shape index (κ2) is 8.27. The van der Waals surface area contributed by atoms with Crippen LogP contribution >= 0.6 is 0 Å². The van der Waals surface area contributed by atoms with E-state index < -0.39 is 0 Å². The molecule has 1 atom stereocenters. The molecule has 116 valence electrons. The van der Waals surface area contributed by atoms with Gasteiger partial charge >= 0.3 is 0 Å². The third-order valence-electron chi connectivity index (χ3n) is 3.73. The van der Waals surface area contributed by atoms with E-state index in [2.05, 4.69) is 30.1 Å². The molecule has 1 aromatic rings. The van der Waals surface area contributed by atoms with Gasteiger partial charge in [0.05, 0.1) is 13.2 Å². The first-order chi connectivity index (χ1) is 10.2. The van der Waals surface area contributed by atoms with E-state index in [-0.39, 0.29) is 11.9 Å². The molecule has 0 saturated carbocycles. The van der Waals surface area contributed by atoms with Gasteiger partial charge in [0.25, 0.3) is 0 Å². The van der Waals surface area contributed by atoms with Crippen molar-refractivity contribution in [1.29, 1.82) is 0 Å². The summed E-state index contributed by atoms with van der Waals surface area (Å²) in [6, 6.07) is 7.12. The predicted molar refractivity (Wildman–Crippen MR) is 83.8 cm³/mol. The first-order valence-electron chi connectivity index (χ1n) is 7.58. The van der Waals surface area contributed by atoms with Crippen molar-refractivity contribution < 1.29 is 9.13 Å². The van der Waals surface area contributed by atoms with Gasteiger partial charge in [-0.05, 0) is 31.5 Å². The summed E-state index contributed by atoms with van der Waals surface area (Å²) in [6.45, 7) is 9.30. The van der Waals surface area contributed by atoms with Gasteiger partial charge < -0.3 is 10.1 Å². The van der Waals surface area contributed by atoms with Crippen molar-refractivity contribution in [1.82, 2.24) is 10.2 Å². The van der Waals surface area contributed by atoms with Gasteiger partial charge in [-0.25, -0.2) is 4.39 Å². The molecule has 1 aliphatic heterocycles. The highest BCUT2D eigenvalue weighted by Gasteiger charge is 2.22. The Morgan fingerprint density at radius 1 is 1.29 bits per heavy atom. The average Bonchev–Trinajstić information content (AvgIpc) is 2.49. The Hall–Kier alpha value is -1.23. The van der Waals surface area contributed by atoms with Crippen LogP contribution in [-0.4, -0.2) is 44.3 Å². The molecular formula is C17H25FN2O. The largest absolute Gasteiger partial charge is 0.379 e. The minimum absolute atomic E-state index is 0.183. The topological polar surface area (TPSA) is 24.5 Å². The molecule has 1 aliphatic rings. The highest BCUT2D eigenvalue weighted by Crippen LogP contribution is 2.21. The molecule has 0 amide bonds. The standard InChI is InChI=1S/C17H25FN2O/c1-14(2)7-8-19-13-17(20-9-11-21-12-10-20)15-3-5-16(18)6-4-15/h3-7,17,19H,8-13H2,1-2H3. The predicted octanol–water partition coefficient (Wildman–Crippen LogP) is 2.75. The number of hydrogen-bond donors (Lipinski definition) is 1. The maximum atomic E-state index is 13.1. The number of morpholine rings is 1. The average molecular weight is 292 g/mol. The molecule has 2 rings (SSSR count). The van der Waals surface area contributed by atoms with Crippen LogP contribution in [0.4, 0.5) is 4.39 Å². The fourth-order valence-electron chi connectivity index (χ4n) is 2.53. The van der Waals surface area contributed by atoms with Gasteiger partial charge in [-0.2, -0.15) is 0 Å². The molecule has 1 fully saturated rings. The molecule has 0 bridgehead atoms. The molecule has 1 saturated heterocycles. The smallest absolute Gasteiger partial charge is 0.123 e. The van der Waals surface area contributed by atoms with Crippen LogP contribution in [0.2, 0.25) is 0 Å². The molecule has 1 aromatic carbocycles. The lowest BCUT2D eigenvalue weighted by atomic mass is 10.0. The zero-order valence-electron chi connectivity index (χ0n) is 12.9. The number of hydrogen-bond acceptors (Lipinski definition) is 3. The zero-order chi connectivity index (χ0) is 15.1. The van der Waals surface area contributed by atoms with Crippen molar-refractivity contribution in [2.75, 3.05) is 39.4 Å². The van der Waals surface area contributed by atoms with Gasteiger partial charge in [-0.1, -0.05) is 23.8 Å². The van der Waals surface area contributed by atoms with Crippen LogP contribution in [0.15, 0.2) is 35.9 Å². The van der Waals surface area contributed by atoms with Crippen LogP contribution in [-0.2, 0) is 4.74 Å². The summed E-state index contributed by atoms with van der Waals surface area (Å²) >= 11 is 0. The molecule has 1 unspecified atom stereocenters. The number of halogens is 1. The Balaban J connectivity index is 2.02. The minimum atomic E-state index is -0.183. The number of nitrogens with zero attached hydrogens (tertiary/aromatic N) is 1. The van der Waals surface area contributed by atoms with E-state index in [4.69, 9.17) is 4.74 Å². The van der Waals surface area contributed by atoms with Crippen molar-refractivity contribution in [2.45, 2.75) is 19.9 Å². The van der Waals surface area contributed by atoms with Crippen molar-refractivity contribution in [3.05, 3.63) is 47.3 Å². The van der Waals surface area contributed by atoms with Gasteiger partial charge in [0.1, 0.15) is 5.82 Å². The van der Waals surface area contributed by atoms with Crippen molar-refractivity contribution in [3.8, 4) is 0 Å². The van der Waals surface area contributed by atoms with E-state index in [0.717, 1.165) is 45.0 Å². The van der Waals surface area contributed by atoms with Crippen LogP contribution in [0.5, 0.6) is 0 Å². The lowest BCUT2D eigenvalue weighted by Gasteiger charge is -2.35. The molecule has 0 aromatic heterocycles. The minimum Gasteiger partial charge on any atom is -0.379 e. The maximum Gasteiger partial charge on any atom is 0.123 e. The van der Waals surface area contributed by atoms with Crippen molar-refractivity contribution in [3.63, 3.8) is 0 Å². The molecule has 1 N–H and O–H groups in total. The maximum absolute atomic E-state index is 13.1. The zero-order valence-corrected chi connectivity index (χ0v) is 12.9. The second-order valence-corrected chi connectivity index (χ2v) is 5.66. The molecule has 21 heavy (non-hydrogen) atoms. The van der Waals surface area contributed by atoms with E-state index in [1.165, 1.54) is 5.57 Å². The molecule has 4 heteroatoms. The second-order valence-electron chi connectivity index (χ2n) is 5.66. The number of nitrogens with one attached hydrogen (secondary N) is 1. The quantitative estimate of drug-likeness (QED) is 0.644. The van der Waals surface area contributed by atoms with Crippen LogP contribution in [0, 0.1) is 5.82 Å². The normalized spacial score (nSPS) is 17.5. The van der Waals surface area contributed by atoms with E-state index in [9.17, 15) is 4.39 Å². The molecule has 0 spiro atoms. The Morgan fingerprint density at radius 2 is 1.95 bits per heavy atom. The molecular weight excluding hydrogens is 267 g/mol. The third-order valence-corrected chi connectivity index (χ3v) is 3.73. The molecule has 3 nitrogen and oxygen atoms in total. The molecule has 0 radical (unpaired) electrons. The monoisotopic (exact) mass is 292 g/mol. The Morgan fingerprint density at radius 3 is 2.57 bits per heavy atom. The van der Waals surface area contributed by atoms with Crippen LogP contribution in [0.25, 0.3) is 0 Å². The van der Waals surface area contributed by atoms with E-state index in [1.807, 2.05) is 12.1 Å². The summed E-state index contributed by atoms with van der Waals surface area (Å²) in [5.41, 5.74) is 2.47. The van der Waals surface area contributed by atoms with Gasteiger partial charge in [0.2, 0.25) is 0 Å². The van der Waals surface area contributed by atoms with E-state index in [1.54, 1.807) is 12.1 Å². The fraction of sp³-hybridized carbons (Fsp3) is 0.529. The lowest BCUT2D eigenvalue weighted by molar-refractivity contribution is 0.0163. The summed E-state index contributed by atoms with van der Waals surface area (Å²) in [5.74, 6) is -0.183. The Bertz CT molecular complexity index is 448. The van der Waals surface area contributed by atoms with Crippen molar-refractivity contribution in [2.24, 2.45) is 0 Å². The number of allylic oxidation sites excluding steroid dienone is 1. The highest BCUT2D eigenvalue weighted by molar-refractivity contribution is 5.20. The van der Waals surface area contributed by atoms with E-state index in [0.29, 0.717) is 0 Å². The summed E-state index contributed by atoms with van der Waals surface area (Å²) in [5, 5.41) is 3.47. The fourth-order valence-corrected chi connectivity index (χ4v) is 2.53. The number of rotatable bonds is 6.